The largest absolute Gasteiger partial charge is 0.493 e. The lowest BCUT2D eigenvalue weighted by molar-refractivity contribution is -0.116. The van der Waals surface area contributed by atoms with Crippen LogP contribution < -0.4 is 35.4 Å². The van der Waals surface area contributed by atoms with Crippen molar-refractivity contribution in [2.24, 2.45) is 0 Å². The maximum atomic E-state index is 12.5. The van der Waals surface area contributed by atoms with E-state index < -0.39 is 7.26 Å². The molecule has 0 bridgehead atoms. The highest BCUT2D eigenvalue weighted by molar-refractivity contribution is 7.95. The Kier molecular flexibility index (Phi) is 11.6. The van der Waals surface area contributed by atoms with E-state index in [1.807, 2.05) is 12.1 Å². The maximum Gasteiger partial charge on any atom is 0.243 e. The molecule has 218 valence electrons. The Morgan fingerprint density at radius 1 is 0.667 bits per heavy atom. The van der Waals surface area contributed by atoms with Crippen molar-refractivity contribution in [1.82, 2.24) is 5.32 Å². The van der Waals surface area contributed by atoms with E-state index in [0.717, 1.165) is 37.4 Å². The van der Waals surface area contributed by atoms with Crippen LogP contribution in [0.2, 0.25) is 0 Å². The number of hydrogen-bond donors (Lipinski definition) is 1. The SMILES string of the molecule is COc1cc(/C=C/C(=O)NCCCCCC[P+](c2ccccc2)(c2ccccc2)c2ccccc2)cc(OC)c1OC. The minimum absolute atomic E-state index is 0.120. The monoisotopic (exact) mass is 582 g/mol. The van der Waals surface area contributed by atoms with Gasteiger partial charge in [-0.2, -0.15) is 0 Å². The molecule has 0 unspecified atom stereocenters. The molecule has 6 heteroatoms. The van der Waals surface area contributed by atoms with E-state index in [2.05, 4.69) is 96.3 Å². The van der Waals surface area contributed by atoms with Gasteiger partial charge >= 0.3 is 0 Å². The number of ether oxygens (including phenoxy) is 3. The first-order valence-corrected chi connectivity index (χ1v) is 16.4. The Balaban J connectivity index is 1.33. The number of rotatable bonds is 15. The third-order valence-electron chi connectivity index (χ3n) is 7.42. The van der Waals surface area contributed by atoms with Crippen LogP contribution in [-0.2, 0) is 4.79 Å². The number of nitrogens with one attached hydrogen (secondary N) is 1. The van der Waals surface area contributed by atoms with Gasteiger partial charge in [-0.25, -0.2) is 0 Å². The van der Waals surface area contributed by atoms with Crippen LogP contribution in [0.4, 0.5) is 0 Å². The van der Waals surface area contributed by atoms with Crippen molar-refractivity contribution in [2.75, 3.05) is 34.0 Å². The molecule has 0 aromatic heterocycles. The fourth-order valence-electron chi connectivity index (χ4n) is 5.35. The van der Waals surface area contributed by atoms with Crippen LogP contribution in [0, 0.1) is 0 Å². The number of amides is 1. The van der Waals surface area contributed by atoms with Gasteiger partial charge in [0.15, 0.2) is 11.5 Å². The fraction of sp³-hybridized carbons (Fsp3) is 0.250. The van der Waals surface area contributed by atoms with Crippen molar-refractivity contribution in [3.05, 3.63) is 115 Å². The zero-order valence-corrected chi connectivity index (χ0v) is 25.7. The molecule has 0 spiro atoms. The van der Waals surface area contributed by atoms with Gasteiger partial charge in [-0.1, -0.05) is 61.0 Å². The summed E-state index contributed by atoms with van der Waals surface area (Å²) in [6.07, 6.45) is 8.66. The van der Waals surface area contributed by atoms with E-state index in [-0.39, 0.29) is 5.91 Å². The van der Waals surface area contributed by atoms with Gasteiger partial charge in [-0.05, 0) is 79.4 Å². The summed E-state index contributed by atoms with van der Waals surface area (Å²) in [6.45, 7) is 0.648. The van der Waals surface area contributed by atoms with E-state index in [0.29, 0.717) is 23.8 Å². The average molecular weight is 583 g/mol. The van der Waals surface area contributed by atoms with Crippen LogP contribution in [-0.4, -0.2) is 39.9 Å². The topological polar surface area (TPSA) is 56.8 Å². The second-order valence-electron chi connectivity index (χ2n) is 10.0. The van der Waals surface area contributed by atoms with Crippen molar-refractivity contribution in [1.29, 1.82) is 0 Å². The highest BCUT2D eigenvalue weighted by Gasteiger charge is 2.44. The zero-order chi connectivity index (χ0) is 29.6. The first-order chi connectivity index (χ1) is 20.6. The normalized spacial score (nSPS) is 11.3. The third kappa shape index (κ3) is 7.60. The molecule has 0 fully saturated rings. The van der Waals surface area contributed by atoms with E-state index >= 15 is 0 Å². The summed E-state index contributed by atoms with van der Waals surface area (Å²) in [4.78, 5) is 12.5. The quantitative estimate of drug-likeness (QED) is 0.100. The van der Waals surface area contributed by atoms with E-state index in [1.54, 1.807) is 33.5 Å². The summed E-state index contributed by atoms with van der Waals surface area (Å²) >= 11 is 0. The fourth-order valence-corrected chi connectivity index (χ4v) is 9.76. The summed E-state index contributed by atoms with van der Waals surface area (Å²) in [5.74, 6) is 1.51. The third-order valence-corrected chi connectivity index (χ3v) is 12.0. The molecule has 0 atom stereocenters. The molecule has 0 aliphatic heterocycles. The molecule has 4 rings (SSSR count). The molecule has 4 aromatic carbocycles. The van der Waals surface area contributed by atoms with Crippen molar-refractivity contribution in [2.45, 2.75) is 25.7 Å². The number of unbranched alkanes of at least 4 members (excludes halogenated alkanes) is 3. The van der Waals surface area contributed by atoms with Crippen LogP contribution in [0.3, 0.4) is 0 Å². The average Bonchev–Trinajstić information content (AvgIpc) is 3.05. The van der Waals surface area contributed by atoms with Crippen molar-refractivity contribution >= 4 is 35.2 Å². The molecule has 0 aliphatic rings. The highest BCUT2D eigenvalue weighted by atomic mass is 31.2. The van der Waals surface area contributed by atoms with Crippen molar-refractivity contribution in [3.8, 4) is 17.2 Å². The van der Waals surface area contributed by atoms with Gasteiger partial charge < -0.3 is 19.5 Å². The van der Waals surface area contributed by atoms with Crippen LogP contribution in [0.15, 0.2) is 109 Å². The summed E-state index contributed by atoms with van der Waals surface area (Å²) in [5.41, 5.74) is 0.793. The number of carbonyl (C=O) groups is 1. The summed E-state index contributed by atoms with van der Waals surface area (Å²) < 4.78 is 16.2. The second-order valence-corrected chi connectivity index (χ2v) is 13.7. The summed E-state index contributed by atoms with van der Waals surface area (Å²) in [7, 11) is 2.93. The molecule has 5 nitrogen and oxygen atoms in total. The molecule has 0 aliphatic carbocycles. The smallest absolute Gasteiger partial charge is 0.243 e. The lowest BCUT2D eigenvalue weighted by atomic mass is 10.1. The number of hydrogen-bond acceptors (Lipinski definition) is 4. The second kappa shape index (κ2) is 15.8. The predicted molar refractivity (Wildman–Crippen MR) is 177 cm³/mol. The highest BCUT2D eigenvalue weighted by Crippen LogP contribution is 2.56. The minimum atomic E-state index is -1.78. The van der Waals surface area contributed by atoms with Crippen molar-refractivity contribution < 1.29 is 19.0 Å². The molecular weight excluding hydrogens is 541 g/mol. The Morgan fingerprint density at radius 3 is 1.60 bits per heavy atom. The van der Waals surface area contributed by atoms with Gasteiger partial charge in [0, 0.05) is 12.6 Å². The Labute approximate surface area is 250 Å². The van der Waals surface area contributed by atoms with Gasteiger partial charge in [0.05, 0.1) is 27.5 Å². The molecule has 0 radical (unpaired) electrons. The zero-order valence-electron chi connectivity index (χ0n) is 24.8. The van der Waals surface area contributed by atoms with E-state index in [1.165, 1.54) is 15.9 Å². The number of methoxy groups -OCH3 is 3. The number of benzene rings is 4. The van der Waals surface area contributed by atoms with Crippen LogP contribution >= 0.6 is 7.26 Å². The molecule has 4 aromatic rings. The molecule has 0 heterocycles. The Hall–Kier alpha value is -4.08. The van der Waals surface area contributed by atoms with Gasteiger partial charge in [0.2, 0.25) is 11.7 Å². The van der Waals surface area contributed by atoms with E-state index in [4.69, 9.17) is 14.2 Å². The molecule has 42 heavy (non-hydrogen) atoms. The minimum Gasteiger partial charge on any atom is -0.493 e. The van der Waals surface area contributed by atoms with Crippen molar-refractivity contribution in [3.63, 3.8) is 0 Å². The lowest BCUT2D eigenvalue weighted by Crippen LogP contribution is -2.33. The van der Waals surface area contributed by atoms with Gasteiger partial charge in [0.25, 0.3) is 0 Å². The molecule has 0 saturated carbocycles. The molecule has 1 N–H and O–H groups in total. The predicted octanol–water partition coefficient (Wildman–Crippen LogP) is 6.40. The van der Waals surface area contributed by atoms with Gasteiger partial charge in [0.1, 0.15) is 23.2 Å². The summed E-state index contributed by atoms with van der Waals surface area (Å²) in [6, 6.07) is 36.7. The molecular formula is C36H41NO4P+. The first-order valence-electron chi connectivity index (χ1n) is 14.4. The Morgan fingerprint density at radius 2 is 1.14 bits per heavy atom. The van der Waals surface area contributed by atoms with Crippen LogP contribution in [0.25, 0.3) is 6.08 Å². The standard InChI is InChI=1S/C36H40NO4P/c1-39-33-27-29(28-34(40-2)36(33)41-3)23-24-35(38)37-25-15-4-5-16-26-42(30-17-9-6-10-18-30,31-19-11-7-12-20-31)32-21-13-8-14-22-32/h6-14,17-24,27-28H,4-5,15-16,25-26H2,1-3H3/p+1/b24-23+. The summed E-state index contributed by atoms with van der Waals surface area (Å²) in [5, 5.41) is 7.29. The first kappa shape index (κ1) is 30.9. The lowest BCUT2D eigenvalue weighted by Gasteiger charge is -2.27. The molecule has 1 amide bonds. The van der Waals surface area contributed by atoms with Crippen LogP contribution in [0.5, 0.6) is 17.2 Å². The number of carbonyl (C=O) groups excluding carboxylic acids is 1. The van der Waals surface area contributed by atoms with Gasteiger partial charge in [-0.15, -0.1) is 0 Å². The maximum absolute atomic E-state index is 12.5. The molecule has 0 saturated heterocycles. The van der Waals surface area contributed by atoms with Crippen LogP contribution in [0.1, 0.15) is 31.2 Å². The van der Waals surface area contributed by atoms with Gasteiger partial charge in [-0.3, -0.25) is 4.79 Å². The van der Waals surface area contributed by atoms with E-state index in [9.17, 15) is 4.79 Å². The Bertz CT molecular complexity index is 1300.